The van der Waals surface area contributed by atoms with Crippen molar-refractivity contribution in [2.45, 2.75) is 43.8 Å². The van der Waals surface area contributed by atoms with E-state index in [0.29, 0.717) is 13.0 Å². The highest BCUT2D eigenvalue weighted by atomic mass is 16.5. The molecule has 2 fully saturated rings. The molecule has 0 spiro atoms. The second-order valence-electron chi connectivity index (χ2n) is 4.17. The van der Waals surface area contributed by atoms with E-state index in [1.807, 2.05) is 6.92 Å². The maximum atomic E-state index is 9.88. The summed E-state index contributed by atoms with van der Waals surface area (Å²) in [7, 11) is 0. The third kappa shape index (κ3) is 1.93. The molecule has 0 aliphatic carbocycles. The van der Waals surface area contributed by atoms with Crippen LogP contribution in [-0.4, -0.2) is 64.8 Å². The molecule has 6 heteroatoms. The summed E-state index contributed by atoms with van der Waals surface area (Å²) in [5.41, 5.74) is 0. The van der Waals surface area contributed by atoms with E-state index in [1.165, 1.54) is 0 Å². The molecule has 16 heavy (non-hydrogen) atoms. The van der Waals surface area contributed by atoms with E-state index in [2.05, 4.69) is 10.3 Å². The van der Waals surface area contributed by atoms with Crippen molar-refractivity contribution in [3.8, 4) is 0 Å². The first-order valence-electron chi connectivity index (χ1n) is 5.59. The lowest BCUT2D eigenvalue weighted by molar-refractivity contribution is -0.184. The minimum atomic E-state index is -1.06. The van der Waals surface area contributed by atoms with Crippen molar-refractivity contribution in [3.63, 3.8) is 0 Å². The van der Waals surface area contributed by atoms with E-state index in [9.17, 15) is 10.2 Å². The molecule has 0 saturated carbocycles. The highest BCUT2D eigenvalue weighted by Crippen LogP contribution is 2.27. The predicted molar refractivity (Wildman–Crippen MR) is 57.3 cm³/mol. The Kier molecular flexibility index (Phi) is 3.44. The Hall–Kier alpha value is -0.690. The number of nitrogens with one attached hydrogen (secondary N) is 1. The minimum absolute atomic E-state index is 0.221. The van der Waals surface area contributed by atoms with Gasteiger partial charge < -0.3 is 25.4 Å². The summed E-state index contributed by atoms with van der Waals surface area (Å²) in [4.78, 5) is 4.23. The highest BCUT2D eigenvalue weighted by molar-refractivity contribution is 5.85. The van der Waals surface area contributed by atoms with Crippen LogP contribution in [0.5, 0.6) is 0 Å². The third-order valence-electron chi connectivity index (χ3n) is 3.11. The monoisotopic (exact) mass is 230 g/mol. The summed E-state index contributed by atoms with van der Waals surface area (Å²) in [6, 6.07) is -0.330. The minimum Gasteiger partial charge on any atom is -0.394 e. The smallest absolute Gasteiger partial charge is 0.110 e. The van der Waals surface area contributed by atoms with Crippen LogP contribution < -0.4 is 5.32 Å². The summed E-state index contributed by atoms with van der Waals surface area (Å²) in [6.07, 6.45) is -2.32. The molecule has 0 bridgehead atoms. The quantitative estimate of drug-likeness (QED) is 0.451. The number of fused-ring (bicyclic) bond motifs is 1. The molecule has 92 valence electrons. The SMILES string of the molecule is CCN=C1C[C@@H]2OC(CO)[C@@H](O)[C@H](O)C2N1. The van der Waals surface area contributed by atoms with Gasteiger partial charge in [0.2, 0.25) is 0 Å². The molecule has 6 nitrogen and oxygen atoms in total. The molecule has 5 atom stereocenters. The number of rotatable bonds is 2. The third-order valence-corrected chi connectivity index (χ3v) is 3.11. The van der Waals surface area contributed by atoms with E-state index in [4.69, 9.17) is 9.84 Å². The molecular formula is C10H18N2O4. The van der Waals surface area contributed by atoms with Crippen molar-refractivity contribution in [1.82, 2.24) is 5.32 Å². The lowest BCUT2D eigenvalue weighted by Crippen LogP contribution is -2.59. The number of aliphatic hydroxyl groups excluding tert-OH is 3. The number of amidine groups is 1. The molecule has 0 aromatic rings. The van der Waals surface area contributed by atoms with E-state index >= 15 is 0 Å². The van der Waals surface area contributed by atoms with E-state index in [0.717, 1.165) is 5.84 Å². The fourth-order valence-electron chi connectivity index (χ4n) is 2.29. The van der Waals surface area contributed by atoms with E-state index < -0.39 is 18.3 Å². The van der Waals surface area contributed by atoms with Gasteiger partial charge in [-0.3, -0.25) is 4.99 Å². The normalized spacial score (nSPS) is 45.5. The standard InChI is InChI=1S/C10H18N2O4/c1-2-11-7-3-5-8(12-7)10(15)9(14)6(4-13)16-5/h5-6,8-10,13-15H,2-4H2,1H3,(H,11,12)/t5-,6?,8?,9+,10+/m0/s1. The molecule has 0 amide bonds. The van der Waals surface area contributed by atoms with Crippen molar-refractivity contribution >= 4 is 5.84 Å². The second-order valence-corrected chi connectivity index (χ2v) is 4.17. The van der Waals surface area contributed by atoms with Crippen molar-refractivity contribution in [2.75, 3.05) is 13.2 Å². The Balaban J connectivity index is 2.10. The van der Waals surface area contributed by atoms with Gasteiger partial charge in [-0.15, -0.1) is 0 Å². The fourth-order valence-corrected chi connectivity index (χ4v) is 2.29. The van der Waals surface area contributed by atoms with E-state index in [-0.39, 0.29) is 18.8 Å². The molecule has 2 aliphatic rings. The molecule has 0 aromatic carbocycles. The molecule has 0 aromatic heterocycles. The van der Waals surface area contributed by atoms with Gasteiger partial charge in [0.05, 0.1) is 24.6 Å². The van der Waals surface area contributed by atoms with Gasteiger partial charge in [0.25, 0.3) is 0 Å². The summed E-state index contributed by atoms with van der Waals surface area (Å²) in [5, 5.41) is 31.6. The van der Waals surface area contributed by atoms with Gasteiger partial charge in [-0.25, -0.2) is 0 Å². The van der Waals surface area contributed by atoms with Crippen LogP contribution in [0.25, 0.3) is 0 Å². The molecule has 2 rings (SSSR count). The lowest BCUT2D eigenvalue weighted by Gasteiger charge is -2.38. The Morgan fingerprint density at radius 2 is 2.19 bits per heavy atom. The number of ether oxygens (including phenoxy) is 1. The first-order chi connectivity index (χ1) is 7.67. The zero-order chi connectivity index (χ0) is 11.7. The van der Waals surface area contributed by atoms with Crippen LogP contribution in [-0.2, 0) is 4.74 Å². The van der Waals surface area contributed by atoms with Crippen molar-refractivity contribution in [1.29, 1.82) is 0 Å². The van der Waals surface area contributed by atoms with Gasteiger partial charge >= 0.3 is 0 Å². The number of aliphatic imine (C=N–C) groups is 1. The topological polar surface area (TPSA) is 94.3 Å². The lowest BCUT2D eigenvalue weighted by atomic mass is 9.94. The molecular weight excluding hydrogens is 212 g/mol. The summed E-state index contributed by atoms with van der Waals surface area (Å²) >= 11 is 0. The van der Waals surface area contributed by atoms with Crippen molar-refractivity contribution in [2.24, 2.45) is 4.99 Å². The van der Waals surface area contributed by atoms with E-state index in [1.54, 1.807) is 0 Å². The Morgan fingerprint density at radius 3 is 2.81 bits per heavy atom. The summed E-state index contributed by atoms with van der Waals surface area (Å²) in [6.45, 7) is 2.31. The summed E-state index contributed by atoms with van der Waals surface area (Å²) in [5.74, 6) is 0.794. The Bertz CT molecular complexity index is 284. The zero-order valence-corrected chi connectivity index (χ0v) is 9.21. The second kappa shape index (κ2) is 4.67. The van der Waals surface area contributed by atoms with Crippen LogP contribution in [0, 0.1) is 0 Å². The number of hydrogen-bond acceptors (Lipinski definition) is 5. The van der Waals surface area contributed by atoms with Crippen molar-refractivity contribution < 1.29 is 20.1 Å². The molecule has 2 aliphatic heterocycles. The Labute approximate surface area is 94.0 Å². The van der Waals surface area contributed by atoms with Gasteiger partial charge in [0.1, 0.15) is 18.3 Å². The number of nitrogens with zero attached hydrogens (tertiary/aromatic N) is 1. The molecule has 4 N–H and O–H groups in total. The first-order valence-corrected chi connectivity index (χ1v) is 5.59. The van der Waals surface area contributed by atoms with Gasteiger partial charge in [-0.05, 0) is 6.92 Å². The highest BCUT2D eigenvalue weighted by Gasteiger charge is 2.47. The van der Waals surface area contributed by atoms with Gasteiger partial charge in [-0.1, -0.05) is 0 Å². The van der Waals surface area contributed by atoms with Crippen LogP contribution >= 0.6 is 0 Å². The van der Waals surface area contributed by atoms with Crippen LogP contribution in [0.4, 0.5) is 0 Å². The van der Waals surface area contributed by atoms with Crippen LogP contribution in [0.15, 0.2) is 4.99 Å². The largest absolute Gasteiger partial charge is 0.394 e. The van der Waals surface area contributed by atoms with Crippen LogP contribution in [0.3, 0.4) is 0 Å². The van der Waals surface area contributed by atoms with Gasteiger partial charge in [0, 0.05) is 13.0 Å². The predicted octanol–water partition coefficient (Wildman–Crippen LogP) is -1.75. The maximum absolute atomic E-state index is 9.88. The number of hydrogen-bond donors (Lipinski definition) is 4. The van der Waals surface area contributed by atoms with Crippen LogP contribution in [0.1, 0.15) is 13.3 Å². The van der Waals surface area contributed by atoms with Gasteiger partial charge in [0.15, 0.2) is 0 Å². The Morgan fingerprint density at radius 1 is 1.44 bits per heavy atom. The first kappa shape index (κ1) is 11.8. The molecule has 2 unspecified atom stereocenters. The average Bonchev–Trinajstić information content (AvgIpc) is 2.67. The zero-order valence-electron chi connectivity index (χ0n) is 9.21. The molecule has 0 radical (unpaired) electrons. The van der Waals surface area contributed by atoms with Gasteiger partial charge in [-0.2, -0.15) is 0 Å². The fraction of sp³-hybridized carbons (Fsp3) is 0.900. The summed E-state index contributed by atoms with van der Waals surface area (Å²) < 4.78 is 5.52. The molecule has 2 saturated heterocycles. The van der Waals surface area contributed by atoms with Crippen molar-refractivity contribution in [3.05, 3.63) is 0 Å². The van der Waals surface area contributed by atoms with Crippen LogP contribution in [0.2, 0.25) is 0 Å². The average molecular weight is 230 g/mol. The molecule has 2 heterocycles. The number of aliphatic hydroxyl groups is 3. The maximum Gasteiger partial charge on any atom is 0.110 e.